The first kappa shape index (κ1) is 11.8. The number of hydrogen-bond donors (Lipinski definition) is 1. The molecule has 0 unspecified atom stereocenters. The Balaban J connectivity index is 4.62. The van der Waals surface area contributed by atoms with E-state index in [0.717, 1.165) is 11.8 Å². The SMILES string of the molecule is CCOC(=O)/C(SC#N)=C(\N)CC. The van der Waals surface area contributed by atoms with Gasteiger partial charge in [0.1, 0.15) is 10.3 Å². The molecule has 0 radical (unpaired) electrons. The molecule has 0 aliphatic rings. The summed E-state index contributed by atoms with van der Waals surface area (Å²) in [6.45, 7) is 3.80. The molecule has 0 aromatic rings. The standard InChI is InChI=1S/C8H12N2O2S/c1-3-6(10)7(13-5-9)8(11)12-4-2/h3-4,10H2,1-2H3/b7-6+. The number of ether oxygens (including phenoxy) is 1. The average molecular weight is 200 g/mol. The second-order valence-electron chi connectivity index (χ2n) is 2.12. The van der Waals surface area contributed by atoms with Crippen molar-refractivity contribution in [2.24, 2.45) is 5.73 Å². The van der Waals surface area contributed by atoms with Gasteiger partial charge in [-0.2, -0.15) is 5.26 Å². The molecule has 4 nitrogen and oxygen atoms in total. The Morgan fingerprint density at radius 1 is 1.62 bits per heavy atom. The fourth-order valence-electron chi connectivity index (χ4n) is 0.641. The van der Waals surface area contributed by atoms with Crippen molar-refractivity contribution in [2.75, 3.05) is 6.61 Å². The Labute approximate surface area is 81.7 Å². The Morgan fingerprint density at radius 2 is 2.23 bits per heavy atom. The molecule has 0 fully saturated rings. The molecule has 0 aromatic carbocycles. The zero-order chi connectivity index (χ0) is 10.3. The van der Waals surface area contributed by atoms with Crippen molar-refractivity contribution >= 4 is 17.7 Å². The Bertz CT molecular complexity index is 255. The second kappa shape index (κ2) is 6.38. The van der Waals surface area contributed by atoms with Gasteiger partial charge in [0.25, 0.3) is 0 Å². The Kier molecular flexibility index (Phi) is 5.81. The minimum Gasteiger partial charge on any atom is -0.462 e. The van der Waals surface area contributed by atoms with E-state index in [9.17, 15) is 4.79 Å². The van der Waals surface area contributed by atoms with E-state index in [1.165, 1.54) is 0 Å². The Morgan fingerprint density at radius 3 is 2.62 bits per heavy atom. The molecule has 0 atom stereocenters. The van der Waals surface area contributed by atoms with E-state index >= 15 is 0 Å². The second-order valence-corrected chi connectivity index (χ2v) is 2.92. The van der Waals surface area contributed by atoms with Crippen molar-refractivity contribution < 1.29 is 9.53 Å². The van der Waals surface area contributed by atoms with Crippen molar-refractivity contribution in [1.29, 1.82) is 5.26 Å². The molecule has 0 aliphatic carbocycles. The Hall–Kier alpha value is -1.15. The number of nitrogens with zero attached hydrogens (tertiary/aromatic N) is 1. The molecule has 0 saturated heterocycles. The monoisotopic (exact) mass is 200 g/mol. The predicted octanol–water partition coefficient (Wildman–Crippen LogP) is 1.34. The molecule has 0 rings (SSSR count). The smallest absolute Gasteiger partial charge is 0.347 e. The van der Waals surface area contributed by atoms with Crippen molar-refractivity contribution in [2.45, 2.75) is 20.3 Å². The first-order valence-electron chi connectivity index (χ1n) is 3.89. The highest BCUT2D eigenvalue weighted by Gasteiger charge is 2.14. The summed E-state index contributed by atoms with van der Waals surface area (Å²) in [6, 6.07) is 0. The fraction of sp³-hybridized carbons (Fsp3) is 0.500. The van der Waals surface area contributed by atoms with Gasteiger partial charge in [0.05, 0.1) is 6.61 Å². The zero-order valence-electron chi connectivity index (χ0n) is 7.66. The predicted molar refractivity (Wildman–Crippen MR) is 51.3 cm³/mol. The molecule has 5 heteroatoms. The summed E-state index contributed by atoms with van der Waals surface area (Å²) >= 11 is 0.743. The third-order valence-electron chi connectivity index (χ3n) is 1.28. The van der Waals surface area contributed by atoms with Crippen LogP contribution in [-0.4, -0.2) is 12.6 Å². The minimum absolute atomic E-state index is 0.201. The highest BCUT2D eigenvalue weighted by atomic mass is 32.2. The van der Waals surface area contributed by atoms with Gasteiger partial charge in [-0.25, -0.2) is 4.79 Å². The lowest BCUT2D eigenvalue weighted by Crippen LogP contribution is -2.11. The summed E-state index contributed by atoms with van der Waals surface area (Å²) in [5, 5.41) is 10.2. The maximum Gasteiger partial charge on any atom is 0.347 e. The summed E-state index contributed by atoms with van der Waals surface area (Å²) in [5.41, 5.74) is 5.93. The molecule has 13 heavy (non-hydrogen) atoms. The van der Waals surface area contributed by atoms with E-state index in [2.05, 4.69) is 0 Å². The van der Waals surface area contributed by atoms with Crippen molar-refractivity contribution in [3.8, 4) is 5.40 Å². The van der Waals surface area contributed by atoms with Gasteiger partial charge in [-0.05, 0) is 25.1 Å². The van der Waals surface area contributed by atoms with Crippen LogP contribution in [0.25, 0.3) is 0 Å². The maximum absolute atomic E-state index is 11.2. The van der Waals surface area contributed by atoms with Crippen LogP contribution in [0.3, 0.4) is 0 Å². The number of nitriles is 1. The van der Waals surface area contributed by atoms with E-state index in [-0.39, 0.29) is 11.5 Å². The van der Waals surface area contributed by atoms with Crippen LogP contribution in [0.5, 0.6) is 0 Å². The van der Waals surface area contributed by atoms with Crippen LogP contribution in [0.15, 0.2) is 10.6 Å². The van der Waals surface area contributed by atoms with Crippen LogP contribution in [0.4, 0.5) is 0 Å². The number of hydrogen-bond acceptors (Lipinski definition) is 5. The van der Waals surface area contributed by atoms with E-state index in [1.54, 1.807) is 12.3 Å². The summed E-state index contributed by atoms with van der Waals surface area (Å²) in [4.78, 5) is 11.4. The maximum atomic E-state index is 11.2. The van der Waals surface area contributed by atoms with Gasteiger partial charge in [0, 0.05) is 5.70 Å². The van der Waals surface area contributed by atoms with Crippen LogP contribution in [0.1, 0.15) is 20.3 Å². The van der Waals surface area contributed by atoms with E-state index in [1.807, 2.05) is 6.92 Å². The third kappa shape index (κ3) is 3.85. The first-order chi connectivity index (χ1) is 6.17. The largest absolute Gasteiger partial charge is 0.462 e. The molecular weight excluding hydrogens is 188 g/mol. The lowest BCUT2D eigenvalue weighted by atomic mass is 10.3. The normalized spacial score (nSPS) is 11.5. The van der Waals surface area contributed by atoms with Crippen LogP contribution < -0.4 is 5.73 Å². The topological polar surface area (TPSA) is 76.1 Å². The molecule has 72 valence electrons. The summed E-state index contributed by atoms with van der Waals surface area (Å²) < 4.78 is 4.73. The highest BCUT2D eigenvalue weighted by Crippen LogP contribution is 2.19. The lowest BCUT2D eigenvalue weighted by Gasteiger charge is -2.05. The van der Waals surface area contributed by atoms with Crippen molar-refractivity contribution in [1.82, 2.24) is 0 Å². The van der Waals surface area contributed by atoms with Crippen LogP contribution in [0.2, 0.25) is 0 Å². The molecule has 0 heterocycles. The van der Waals surface area contributed by atoms with Gasteiger partial charge < -0.3 is 10.5 Å². The quantitative estimate of drug-likeness (QED) is 0.421. The highest BCUT2D eigenvalue weighted by molar-refractivity contribution is 8.08. The number of nitrogens with two attached hydrogens (primary N) is 1. The summed E-state index contributed by atoms with van der Waals surface area (Å²) in [5.74, 6) is -0.520. The summed E-state index contributed by atoms with van der Waals surface area (Å²) in [7, 11) is 0. The average Bonchev–Trinajstić information content (AvgIpc) is 2.13. The van der Waals surface area contributed by atoms with Gasteiger partial charge in [-0.3, -0.25) is 0 Å². The first-order valence-corrected chi connectivity index (χ1v) is 4.70. The molecular formula is C8H12N2O2S. The van der Waals surface area contributed by atoms with E-state index in [4.69, 9.17) is 15.7 Å². The molecule has 0 amide bonds. The number of allylic oxidation sites excluding steroid dienone is 1. The van der Waals surface area contributed by atoms with Gasteiger partial charge in [0.2, 0.25) is 0 Å². The molecule has 0 spiro atoms. The number of carbonyl (C=O) groups is 1. The lowest BCUT2D eigenvalue weighted by molar-refractivity contribution is -0.137. The van der Waals surface area contributed by atoms with Crippen LogP contribution in [0, 0.1) is 10.7 Å². The zero-order valence-corrected chi connectivity index (χ0v) is 8.48. The number of esters is 1. The molecule has 0 aromatic heterocycles. The van der Waals surface area contributed by atoms with Gasteiger partial charge >= 0.3 is 5.97 Å². The van der Waals surface area contributed by atoms with Crippen LogP contribution in [-0.2, 0) is 9.53 Å². The van der Waals surface area contributed by atoms with E-state index in [0.29, 0.717) is 12.1 Å². The van der Waals surface area contributed by atoms with Gasteiger partial charge in [-0.1, -0.05) is 6.92 Å². The van der Waals surface area contributed by atoms with Crippen LogP contribution >= 0.6 is 11.8 Å². The van der Waals surface area contributed by atoms with Gasteiger partial charge in [-0.15, -0.1) is 0 Å². The minimum atomic E-state index is -0.520. The van der Waals surface area contributed by atoms with E-state index < -0.39 is 5.97 Å². The number of thioether (sulfide) groups is 1. The third-order valence-corrected chi connectivity index (χ3v) is 2.01. The number of thiocyanates is 1. The van der Waals surface area contributed by atoms with Crippen molar-refractivity contribution in [3.05, 3.63) is 10.6 Å². The van der Waals surface area contributed by atoms with Gasteiger partial charge in [0.15, 0.2) is 0 Å². The molecule has 0 saturated carbocycles. The summed E-state index contributed by atoms with van der Waals surface area (Å²) in [6.07, 6.45) is 0.531. The molecule has 2 N–H and O–H groups in total. The molecule has 0 aliphatic heterocycles. The number of carbonyl (C=O) groups excluding carboxylic acids is 1. The molecule has 0 bridgehead atoms. The number of rotatable bonds is 4. The van der Waals surface area contributed by atoms with Crippen molar-refractivity contribution in [3.63, 3.8) is 0 Å². The fourth-order valence-corrected chi connectivity index (χ4v) is 1.15.